The van der Waals surface area contributed by atoms with Gasteiger partial charge in [-0.15, -0.1) is 0 Å². The van der Waals surface area contributed by atoms with Crippen molar-refractivity contribution in [2.45, 2.75) is 50.9 Å². The Balaban J connectivity index is 1.55. The summed E-state index contributed by atoms with van der Waals surface area (Å²) in [7, 11) is 0. The number of hydrogen-bond donors (Lipinski definition) is 1. The minimum absolute atomic E-state index is 0.0692. The number of likely N-dealkylation sites (tertiary alicyclic amines) is 1. The van der Waals surface area contributed by atoms with Gasteiger partial charge in [0.25, 0.3) is 0 Å². The average Bonchev–Trinajstić information content (AvgIpc) is 3.22. The van der Waals surface area contributed by atoms with Crippen LogP contribution in [0, 0.1) is 6.92 Å². The van der Waals surface area contributed by atoms with Gasteiger partial charge in [-0.05, 0) is 43.5 Å². The van der Waals surface area contributed by atoms with E-state index < -0.39 is 0 Å². The smallest absolute Gasteiger partial charge is 0.225 e. The molecule has 1 amide bonds. The van der Waals surface area contributed by atoms with Gasteiger partial charge < -0.3 is 14.6 Å². The fraction of sp³-hybridized carbons (Fsp3) is 0.444. The number of nitrogens with zero attached hydrogens (tertiary/aromatic N) is 2. The highest BCUT2D eigenvalue weighted by Crippen LogP contribution is 2.41. The quantitative estimate of drug-likeness (QED) is 0.922. The van der Waals surface area contributed by atoms with Crippen molar-refractivity contribution in [3.63, 3.8) is 0 Å². The average molecular weight is 311 g/mol. The Morgan fingerprint density at radius 2 is 2.22 bits per heavy atom. The summed E-state index contributed by atoms with van der Waals surface area (Å²) in [4.78, 5) is 18.8. The molecule has 5 heteroatoms. The van der Waals surface area contributed by atoms with E-state index >= 15 is 0 Å². The second-order valence-electron chi connectivity index (χ2n) is 6.47. The van der Waals surface area contributed by atoms with Crippen LogP contribution in [0.3, 0.4) is 0 Å². The molecular weight excluding hydrogens is 290 g/mol. The summed E-state index contributed by atoms with van der Waals surface area (Å²) in [5, 5.41) is 3.52. The van der Waals surface area contributed by atoms with Gasteiger partial charge in [0.05, 0.1) is 12.6 Å². The molecule has 0 bridgehead atoms. The number of nitrogens with one attached hydrogen (secondary N) is 1. The molecular formula is C18H21N3O2. The first kappa shape index (κ1) is 14.5. The van der Waals surface area contributed by atoms with E-state index in [2.05, 4.69) is 21.3 Å². The molecule has 23 heavy (non-hydrogen) atoms. The zero-order chi connectivity index (χ0) is 15.8. The normalized spacial score (nSPS) is 24.4. The third-order valence-corrected chi connectivity index (χ3v) is 4.66. The molecule has 120 valence electrons. The van der Waals surface area contributed by atoms with Gasteiger partial charge in [-0.3, -0.25) is 9.78 Å². The lowest BCUT2D eigenvalue weighted by molar-refractivity contribution is -0.129. The van der Waals surface area contributed by atoms with E-state index in [0.29, 0.717) is 19.0 Å². The van der Waals surface area contributed by atoms with E-state index in [0.717, 1.165) is 29.9 Å². The van der Waals surface area contributed by atoms with Crippen molar-refractivity contribution in [1.29, 1.82) is 0 Å². The number of pyridine rings is 1. The number of carbonyl (C=O) groups is 1. The molecule has 3 heterocycles. The lowest BCUT2D eigenvalue weighted by atomic mass is 10.0. The predicted molar refractivity (Wildman–Crippen MR) is 85.5 cm³/mol. The molecule has 5 nitrogen and oxygen atoms in total. The van der Waals surface area contributed by atoms with Crippen LogP contribution in [-0.2, 0) is 11.3 Å². The molecule has 1 aliphatic heterocycles. The maximum absolute atomic E-state index is 12.5. The Bertz CT molecular complexity index is 693. The largest absolute Gasteiger partial charge is 0.465 e. The van der Waals surface area contributed by atoms with Gasteiger partial charge in [-0.2, -0.15) is 0 Å². The highest BCUT2D eigenvalue weighted by Gasteiger charge is 2.47. The Hall–Kier alpha value is -2.14. The zero-order valence-electron chi connectivity index (χ0n) is 13.2. The van der Waals surface area contributed by atoms with Crippen LogP contribution in [0.4, 0.5) is 0 Å². The molecule has 2 aliphatic rings. The fourth-order valence-electron chi connectivity index (χ4n) is 3.48. The monoisotopic (exact) mass is 311 g/mol. The Labute approximate surface area is 135 Å². The third kappa shape index (κ3) is 2.88. The third-order valence-electron chi connectivity index (χ3n) is 4.66. The second-order valence-corrected chi connectivity index (χ2v) is 6.47. The van der Waals surface area contributed by atoms with Crippen molar-refractivity contribution in [1.82, 2.24) is 15.2 Å². The standard InChI is InChI=1S/C18H21N3O2/c1-12-4-7-15(23-12)11-20-16-9-17(22)21(14-5-6-14)18(16)13-3-2-8-19-10-13/h2-4,7-8,10,14,16,18,20H,5-6,9,11H2,1H3/t16-,18+/m1/s1. The summed E-state index contributed by atoms with van der Waals surface area (Å²) >= 11 is 0. The molecule has 2 fully saturated rings. The zero-order valence-corrected chi connectivity index (χ0v) is 13.2. The van der Waals surface area contributed by atoms with E-state index in [1.54, 1.807) is 6.20 Å². The van der Waals surface area contributed by atoms with Crippen molar-refractivity contribution in [3.05, 3.63) is 53.7 Å². The predicted octanol–water partition coefficient (Wildman–Crippen LogP) is 2.58. The van der Waals surface area contributed by atoms with Gasteiger partial charge in [-0.1, -0.05) is 6.07 Å². The van der Waals surface area contributed by atoms with Crippen molar-refractivity contribution in [3.8, 4) is 0 Å². The van der Waals surface area contributed by atoms with Crippen LogP contribution in [0.1, 0.15) is 42.4 Å². The lowest BCUT2D eigenvalue weighted by Crippen LogP contribution is -2.37. The molecule has 1 N–H and O–H groups in total. The molecule has 4 rings (SSSR count). The van der Waals surface area contributed by atoms with E-state index in [-0.39, 0.29) is 18.0 Å². The van der Waals surface area contributed by atoms with E-state index in [1.807, 2.05) is 31.3 Å². The first-order valence-electron chi connectivity index (χ1n) is 8.22. The van der Waals surface area contributed by atoms with E-state index in [4.69, 9.17) is 4.42 Å². The SMILES string of the molecule is Cc1ccc(CN[C@@H]2CC(=O)N(C3CC3)[C@H]2c2cccnc2)o1. The van der Waals surface area contributed by atoms with Crippen LogP contribution >= 0.6 is 0 Å². The number of amides is 1. The lowest BCUT2D eigenvalue weighted by Gasteiger charge is -2.28. The molecule has 0 aromatic carbocycles. The van der Waals surface area contributed by atoms with Gasteiger partial charge in [-0.25, -0.2) is 0 Å². The molecule has 0 spiro atoms. The minimum atomic E-state index is 0.0692. The van der Waals surface area contributed by atoms with Crippen molar-refractivity contribution < 1.29 is 9.21 Å². The van der Waals surface area contributed by atoms with Gasteiger partial charge in [0.1, 0.15) is 11.5 Å². The first-order valence-corrected chi connectivity index (χ1v) is 8.22. The summed E-state index contributed by atoms with van der Waals surface area (Å²) in [6.07, 6.45) is 6.43. The van der Waals surface area contributed by atoms with Crippen molar-refractivity contribution in [2.75, 3.05) is 0 Å². The van der Waals surface area contributed by atoms with Crippen LogP contribution in [-0.4, -0.2) is 27.9 Å². The molecule has 1 saturated carbocycles. The molecule has 1 aliphatic carbocycles. The number of hydrogen-bond acceptors (Lipinski definition) is 4. The number of furan rings is 1. The topological polar surface area (TPSA) is 58.4 Å². The summed E-state index contributed by atoms with van der Waals surface area (Å²) < 4.78 is 5.62. The minimum Gasteiger partial charge on any atom is -0.465 e. The Morgan fingerprint density at radius 1 is 1.35 bits per heavy atom. The van der Waals surface area contributed by atoms with Gasteiger partial charge in [0, 0.05) is 30.9 Å². The summed E-state index contributed by atoms with van der Waals surface area (Å²) in [5.41, 5.74) is 1.11. The highest BCUT2D eigenvalue weighted by molar-refractivity contribution is 5.81. The van der Waals surface area contributed by atoms with E-state index in [1.165, 1.54) is 0 Å². The molecule has 2 aromatic rings. The van der Waals surface area contributed by atoms with Crippen molar-refractivity contribution in [2.24, 2.45) is 0 Å². The maximum atomic E-state index is 12.5. The second kappa shape index (κ2) is 5.81. The molecule has 0 unspecified atom stereocenters. The summed E-state index contributed by atoms with van der Waals surface area (Å²) in [5.74, 6) is 2.06. The van der Waals surface area contributed by atoms with Crippen LogP contribution in [0.5, 0.6) is 0 Å². The fourth-order valence-corrected chi connectivity index (χ4v) is 3.48. The summed E-state index contributed by atoms with van der Waals surface area (Å²) in [6, 6.07) is 8.53. The Morgan fingerprint density at radius 3 is 2.87 bits per heavy atom. The van der Waals surface area contributed by atoms with Crippen LogP contribution < -0.4 is 5.32 Å². The molecule has 2 aromatic heterocycles. The molecule has 1 saturated heterocycles. The summed E-state index contributed by atoms with van der Waals surface area (Å²) in [6.45, 7) is 2.58. The van der Waals surface area contributed by atoms with Crippen molar-refractivity contribution >= 4 is 5.91 Å². The van der Waals surface area contributed by atoms with Crippen LogP contribution in [0.2, 0.25) is 0 Å². The van der Waals surface area contributed by atoms with E-state index in [9.17, 15) is 4.79 Å². The van der Waals surface area contributed by atoms with Crippen LogP contribution in [0.25, 0.3) is 0 Å². The highest BCUT2D eigenvalue weighted by atomic mass is 16.3. The number of aromatic nitrogens is 1. The van der Waals surface area contributed by atoms with Gasteiger partial charge in [0.2, 0.25) is 5.91 Å². The molecule has 2 atom stereocenters. The number of rotatable bonds is 5. The maximum Gasteiger partial charge on any atom is 0.225 e. The van der Waals surface area contributed by atoms with Crippen LogP contribution in [0.15, 0.2) is 41.1 Å². The molecule has 0 radical (unpaired) electrons. The number of carbonyl (C=O) groups excluding carboxylic acids is 1. The first-order chi connectivity index (χ1) is 11.2. The number of aryl methyl sites for hydroxylation is 1. The Kier molecular flexibility index (Phi) is 3.65. The van der Waals surface area contributed by atoms with Gasteiger partial charge >= 0.3 is 0 Å². The van der Waals surface area contributed by atoms with Gasteiger partial charge in [0.15, 0.2) is 0 Å².